The summed E-state index contributed by atoms with van der Waals surface area (Å²) in [6, 6.07) is 0.432. The van der Waals surface area contributed by atoms with E-state index >= 15 is 0 Å². The highest BCUT2D eigenvalue weighted by Crippen LogP contribution is 2.13. The second-order valence-electron chi connectivity index (χ2n) is 4.94. The van der Waals surface area contributed by atoms with Crippen molar-refractivity contribution in [2.24, 2.45) is 5.92 Å². The molecule has 0 aromatic rings. The Balaban J connectivity index is 2.34. The topological polar surface area (TPSA) is 52.6 Å². The fourth-order valence-corrected chi connectivity index (χ4v) is 2.21. The summed E-state index contributed by atoms with van der Waals surface area (Å²) in [7, 11) is 0. The lowest BCUT2D eigenvalue weighted by molar-refractivity contribution is -0.137. The number of nitrogens with one attached hydrogen (secondary N) is 1. The summed E-state index contributed by atoms with van der Waals surface area (Å²) in [5.74, 6) is -0.0163. The molecule has 16 heavy (non-hydrogen) atoms. The zero-order valence-electron chi connectivity index (χ0n) is 10.4. The molecule has 4 nitrogen and oxygen atoms in total. The molecule has 1 saturated heterocycles. The van der Waals surface area contributed by atoms with Gasteiger partial charge in [0.25, 0.3) is 0 Å². The van der Waals surface area contributed by atoms with E-state index in [9.17, 15) is 4.79 Å². The summed E-state index contributed by atoms with van der Waals surface area (Å²) in [5.41, 5.74) is 0. The smallest absolute Gasteiger partial charge is 0.304 e. The molecule has 0 aromatic carbocycles. The van der Waals surface area contributed by atoms with Crippen molar-refractivity contribution in [1.29, 1.82) is 0 Å². The molecular weight excluding hydrogens is 204 g/mol. The minimum atomic E-state index is -0.701. The van der Waals surface area contributed by atoms with Crippen LogP contribution in [0.5, 0.6) is 0 Å². The summed E-state index contributed by atoms with van der Waals surface area (Å²) in [4.78, 5) is 12.9. The molecule has 94 valence electrons. The first kappa shape index (κ1) is 13.5. The van der Waals surface area contributed by atoms with Crippen LogP contribution in [0.1, 0.15) is 33.1 Å². The zero-order chi connectivity index (χ0) is 12.0. The van der Waals surface area contributed by atoms with Crippen LogP contribution in [0.25, 0.3) is 0 Å². The average molecular weight is 228 g/mol. The largest absolute Gasteiger partial charge is 0.481 e. The lowest BCUT2D eigenvalue weighted by atomic mass is 9.98. The summed E-state index contributed by atoms with van der Waals surface area (Å²) < 4.78 is 0. The number of hydrogen-bond donors (Lipinski definition) is 2. The number of carboxylic acid groups (broad SMARTS) is 1. The first-order valence-electron chi connectivity index (χ1n) is 6.26. The van der Waals surface area contributed by atoms with E-state index in [0.29, 0.717) is 18.5 Å². The van der Waals surface area contributed by atoms with Gasteiger partial charge in [0.1, 0.15) is 0 Å². The van der Waals surface area contributed by atoms with Gasteiger partial charge in [-0.15, -0.1) is 0 Å². The maximum atomic E-state index is 10.6. The Morgan fingerprint density at radius 3 is 2.81 bits per heavy atom. The highest BCUT2D eigenvalue weighted by molar-refractivity contribution is 5.66. The number of aliphatic carboxylic acids is 1. The van der Waals surface area contributed by atoms with Crippen LogP contribution in [0.15, 0.2) is 0 Å². The number of carboxylic acids is 1. The molecule has 0 radical (unpaired) electrons. The zero-order valence-corrected chi connectivity index (χ0v) is 10.4. The number of rotatable bonds is 6. The van der Waals surface area contributed by atoms with Gasteiger partial charge in [-0.25, -0.2) is 0 Å². The van der Waals surface area contributed by atoms with Crippen molar-refractivity contribution in [2.45, 2.75) is 39.2 Å². The Kier molecular flexibility index (Phi) is 5.77. The Morgan fingerprint density at radius 1 is 1.56 bits per heavy atom. The van der Waals surface area contributed by atoms with E-state index in [-0.39, 0.29) is 6.42 Å². The SMILES string of the molecule is CC(C)N(CCC(=O)O)CC1CCCNC1. The van der Waals surface area contributed by atoms with E-state index in [1.165, 1.54) is 12.8 Å². The molecule has 1 aliphatic rings. The predicted octanol–water partition coefficient (Wildman–Crippen LogP) is 1.17. The van der Waals surface area contributed by atoms with Crippen LogP contribution in [0.2, 0.25) is 0 Å². The van der Waals surface area contributed by atoms with Gasteiger partial charge in [0, 0.05) is 19.1 Å². The van der Waals surface area contributed by atoms with Gasteiger partial charge in [-0.3, -0.25) is 4.79 Å². The first-order chi connectivity index (χ1) is 7.59. The van der Waals surface area contributed by atoms with Gasteiger partial charge < -0.3 is 15.3 Å². The van der Waals surface area contributed by atoms with Crippen LogP contribution in [-0.4, -0.2) is 48.2 Å². The molecule has 1 fully saturated rings. The van der Waals surface area contributed by atoms with Gasteiger partial charge in [-0.05, 0) is 45.7 Å². The van der Waals surface area contributed by atoms with Gasteiger partial charge in [0.15, 0.2) is 0 Å². The summed E-state index contributed by atoms with van der Waals surface area (Å²) in [6.07, 6.45) is 2.76. The fraction of sp³-hybridized carbons (Fsp3) is 0.917. The van der Waals surface area contributed by atoms with Crippen molar-refractivity contribution in [3.63, 3.8) is 0 Å². The fourth-order valence-electron chi connectivity index (χ4n) is 2.21. The predicted molar refractivity (Wildman–Crippen MR) is 64.6 cm³/mol. The van der Waals surface area contributed by atoms with Gasteiger partial charge in [-0.2, -0.15) is 0 Å². The van der Waals surface area contributed by atoms with Crippen LogP contribution in [0, 0.1) is 5.92 Å². The molecule has 2 N–H and O–H groups in total. The maximum absolute atomic E-state index is 10.6. The third-order valence-electron chi connectivity index (χ3n) is 3.23. The van der Waals surface area contributed by atoms with E-state index in [2.05, 4.69) is 24.1 Å². The van der Waals surface area contributed by atoms with Gasteiger partial charge >= 0.3 is 5.97 Å². The van der Waals surface area contributed by atoms with Crippen molar-refractivity contribution >= 4 is 5.97 Å². The molecule has 0 spiro atoms. The van der Waals surface area contributed by atoms with Gasteiger partial charge in [0.2, 0.25) is 0 Å². The molecule has 1 aliphatic heterocycles. The van der Waals surface area contributed by atoms with Crippen LogP contribution < -0.4 is 5.32 Å². The summed E-state index contributed by atoms with van der Waals surface area (Å²) >= 11 is 0. The molecule has 0 saturated carbocycles. The third-order valence-corrected chi connectivity index (χ3v) is 3.23. The molecule has 0 amide bonds. The number of hydrogen-bond acceptors (Lipinski definition) is 3. The van der Waals surface area contributed by atoms with Crippen LogP contribution in [0.4, 0.5) is 0 Å². The maximum Gasteiger partial charge on any atom is 0.304 e. The quantitative estimate of drug-likeness (QED) is 0.716. The molecule has 4 heteroatoms. The minimum absolute atomic E-state index is 0.248. The average Bonchev–Trinajstić information content (AvgIpc) is 2.25. The van der Waals surface area contributed by atoms with Crippen molar-refractivity contribution in [1.82, 2.24) is 10.2 Å². The second-order valence-corrected chi connectivity index (χ2v) is 4.94. The Labute approximate surface area is 98.0 Å². The van der Waals surface area contributed by atoms with E-state index in [1.807, 2.05) is 0 Å². The second kappa shape index (κ2) is 6.86. The molecule has 0 bridgehead atoms. The monoisotopic (exact) mass is 228 g/mol. The molecule has 1 rings (SSSR count). The lowest BCUT2D eigenvalue weighted by Gasteiger charge is -2.32. The normalized spacial score (nSPS) is 21.6. The number of carbonyl (C=O) groups is 1. The molecule has 0 aromatic heterocycles. The highest BCUT2D eigenvalue weighted by atomic mass is 16.4. The Bertz CT molecular complexity index is 213. The van der Waals surface area contributed by atoms with Crippen molar-refractivity contribution < 1.29 is 9.90 Å². The van der Waals surface area contributed by atoms with E-state index in [1.54, 1.807) is 0 Å². The van der Waals surface area contributed by atoms with Crippen LogP contribution >= 0.6 is 0 Å². The van der Waals surface area contributed by atoms with Gasteiger partial charge in [-0.1, -0.05) is 0 Å². The number of nitrogens with zero attached hydrogens (tertiary/aromatic N) is 1. The van der Waals surface area contributed by atoms with Crippen molar-refractivity contribution in [2.75, 3.05) is 26.2 Å². The lowest BCUT2D eigenvalue weighted by Crippen LogP contribution is -2.42. The first-order valence-corrected chi connectivity index (χ1v) is 6.26. The van der Waals surface area contributed by atoms with Gasteiger partial charge in [0.05, 0.1) is 6.42 Å². The third kappa shape index (κ3) is 4.94. The molecular formula is C12H24N2O2. The van der Waals surface area contributed by atoms with E-state index < -0.39 is 5.97 Å². The summed E-state index contributed by atoms with van der Waals surface area (Å²) in [6.45, 7) is 8.18. The molecule has 0 aliphatic carbocycles. The molecule has 1 heterocycles. The van der Waals surface area contributed by atoms with E-state index in [4.69, 9.17) is 5.11 Å². The summed E-state index contributed by atoms with van der Waals surface area (Å²) in [5, 5.41) is 12.1. The highest BCUT2D eigenvalue weighted by Gasteiger charge is 2.19. The molecule has 1 atom stereocenters. The Morgan fingerprint density at radius 2 is 2.31 bits per heavy atom. The standard InChI is InChI=1S/C12H24N2O2/c1-10(2)14(7-5-12(15)16)9-11-4-3-6-13-8-11/h10-11,13H,3-9H2,1-2H3,(H,15,16). The minimum Gasteiger partial charge on any atom is -0.481 e. The van der Waals surface area contributed by atoms with Crippen molar-refractivity contribution in [3.05, 3.63) is 0 Å². The Hall–Kier alpha value is -0.610. The van der Waals surface area contributed by atoms with Crippen LogP contribution in [0.3, 0.4) is 0 Å². The van der Waals surface area contributed by atoms with E-state index in [0.717, 1.165) is 19.6 Å². The van der Waals surface area contributed by atoms with Crippen molar-refractivity contribution in [3.8, 4) is 0 Å². The number of piperidine rings is 1. The van der Waals surface area contributed by atoms with Crippen LogP contribution in [-0.2, 0) is 4.79 Å². The molecule has 1 unspecified atom stereocenters.